The Kier molecular flexibility index (Phi) is 4.87. The van der Waals surface area contributed by atoms with Crippen LogP contribution in [0.2, 0.25) is 0 Å². The summed E-state index contributed by atoms with van der Waals surface area (Å²) in [7, 11) is 0. The third-order valence-electron chi connectivity index (χ3n) is 2.99. The van der Waals surface area contributed by atoms with Gasteiger partial charge in [0, 0.05) is 0 Å². The van der Waals surface area contributed by atoms with Gasteiger partial charge in [-0.25, -0.2) is 0 Å². The zero-order valence-electron chi connectivity index (χ0n) is 9.71. The van der Waals surface area contributed by atoms with Crippen LogP contribution in [0.15, 0.2) is 0 Å². The van der Waals surface area contributed by atoms with Gasteiger partial charge in [0.2, 0.25) is 0 Å². The fourth-order valence-corrected chi connectivity index (χ4v) is 1.88. The van der Waals surface area contributed by atoms with Crippen molar-refractivity contribution in [2.24, 2.45) is 0 Å². The monoisotopic (exact) mass is 266 g/mol. The van der Waals surface area contributed by atoms with E-state index in [1.54, 1.807) is 0 Å². The second kappa shape index (κ2) is 6.22. The van der Waals surface area contributed by atoms with Gasteiger partial charge in [-0.3, -0.25) is 0 Å². The van der Waals surface area contributed by atoms with Crippen LogP contribution in [-0.2, 0) is 18.9 Å². The Bertz CT molecular complexity index is 254. The lowest BCUT2D eigenvalue weighted by Gasteiger charge is -2.39. The van der Waals surface area contributed by atoms with E-state index in [4.69, 9.17) is 24.1 Å². The normalized spacial score (nSPS) is 45.3. The summed E-state index contributed by atoms with van der Waals surface area (Å²) in [5.41, 5.74) is 0. The molecule has 2 saturated heterocycles. The molecule has 0 radical (unpaired) electrons. The molecule has 106 valence electrons. The number of aliphatic hydroxyl groups excluding tert-OH is 4. The van der Waals surface area contributed by atoms with Crippen molar-refractivity contribution >= 4 is 0 Å². The molecule has 0 saturated carbocycles. The Balaban J connectivity index is 1.86. The predicted molar refractivity (Wildman–Crippen MR) is 55.4 cm³/mol. The van der Waals surface area contributed by atoms with E-state index in [1.165, 1.54) is 0 Å². The summed E-state index contributed by atoms with van der Waals surface area (Å²) in [6.07, 6.45) is -6.53. The van der Waals surface area contributed by atoms with E-state index in [2.05, 4.69) is 0 Å². The first-order valence-electron chi connectivity index (χ1n) is 5.75. The van der Waals surface area contributed by atoms with Gasteiger partial charge in [-0.2, -0.15) is 0 Å². The Labute approximate surface area is 104 Å². The molecule has 0 aromatic rings. The molecule has 8 nitrogen and oxygen atoms in total. The van der Waals surface area contributed by atoms with Crippen LogP contribution >= 0.6 is 0 Å². The largest absolute Gasteiger partial charge is 0.394 e. The van der Waals surface area contributed by atoms with E-state index in [0.29, 0.717) is 6.61 Å². The van der Waals surface area contributed by atoms with E-state index in [0.717, 1.165) is 0 Å². The van der Waals surface area contributed by atoms with Crippen molar-refractivity contribution in [2.75, 3.05) is 26.6 Å². The van der Waals surface area contributed by atoms with Gasteiger partial charge in [-0.1, -0.05) is 0 Å². The maximum atomic E-state index is 9.68. The van der Waals surface area contributed by atoms with Gasteiger partial charge in [0.25, 0.3) is 0 Å². The summed E-state index contributed by atoms with van der Waals surface area (Å²) < 4.78 is 20.5. The van der Waals surface area contributed by atoms with Crippen LogP contribution in [0.5, 0.6) is 0 Å². The lowest BCUT2D eigenvalue weighted by molar-refractivity contribution is -0.304. The molecular formula is C10H18O8. The summed E-state index contributed by atoms with van der Waals surface area (Å²) >= 11 is 0. The Morgan fingerprint density at radius 3 is 2.50 bits per heavy atom. The average molecular weight is 266 g/mol. The average Bonchev–Trinajstić information content (AvgIpc) is 2.88. The zero-order valence-corrected chi connectivity index (χ0v) is 9.71. The van der Waals surface area contributed by atoms with Crippen molar-refractivity contribution in [2.45, 2.75) is 36.8 Å². The summed E-state index contributed by atoms with van der Waals surface area (Å²) in [4.78, 5) is 0. The second-order valence-electron chi connectivity index (χ2n) is 4.31. The second-order valence-corrected chi connectivity index (χ2v) is 4.31. The quantitative estimate of drug-likeness (QED) is 0.430. The summed E-state index contributed by atoms with van der Waals surface area (Å²) in [6.45, 7) is 0.233. The molecule has 18 heavy (non-hydrogen) atoms. The first-order chi connectivity index (χ1) is 8.63. The molecule has 2 aliphatic heterocycles. The van der Waals surface area contributed by atoms with Gasteiger partial charge in [0.1, 0.15) is 37.3 Å². The van der Waals surface area contributed by atoms with Gasteiger partial charge in [0.05, 0.1) is 19.8 Å². The minimum Gasteiger partial charge on any atom is -0.394 e. The van der Waals surface area contributed by atoms with Crippen molar-refractivity contribution in [1.29, 1.82) is 0 Å². The van der Waals surface area contributed by atoms with Gasteiger partial charge >= 0.3 is 0 Å². The molecule has 6 atom stereocenters. The molecule has 0 amide bonds. The lowest BCUT2D eigenvalue weighted by atomic mass is 9.99. The van der Waals surface area contributed by atoms with Gasteiger partial charge in [0.15, 0.2) is 6.29 Å². The van der Waals surface area contributed by atoms with Crippen molar-refractivity contribution in [3.63, 3.8) is 0 Å². The van der Waals surface area contributed by atoms with Crippen LogP contribution in [0.1, 0.15) is 0 Å². The molecule has 0 aromatic carbocycles. The van der Waals surface area contributed by atoms with Gasteiger partial charge < -0.3 is 39.4 Å². The molecule has 8 heteroatoms. The van der Waals surface area contributed by atoms with Crippen molar-refractivity contribution in [3.8, 4) is 0 Å². The van der Waals surface area contributed by atoms with Gasteiger partial charge in [-0.05, 0) is 0 Å². The fourth-order valence-electron chi connectivity index (χ4n) is 1.88. The highest BCUT2D eigenvalue weighted by molar-refractivity contribution is 4.88. The molecule has 2 heterocycles. The maximum Gasteiger partial charge on any atom is 0.186 e. The van der Waals surface area contributed by atoms with Crippen LogP contribution in [-0.4, -0.2) is 83.8 Å². The first kappa shape index (κ1) is 14.1. The smallest absolute Gasteiger partial charge is 0.186 e. The predicted octanol–water partition coefficient (Wildman–Crippen LogP) is -2.82. The minimum absolute atomic E-state index is 0.128. The summed E-state index contributed by atoms with van der Waals surface area (Å²) in [5, 5.41) is 37.8. The molecule has 2 fully saturated rings. The number of hydrogen-bond donors (Lipinski definition) is 4. The third kappa shape index (κ3) is 2.98. The molecule has 0 spiro atoms. The van der Waals surface area contributed by atoms with Crippen LogP contribution in [0, 0.1) is 0 Å². The zero-order chi connectivity index (χ0) is 13.1. The minimum atomic E-state index is -1.43. The molecular weight excluding hydrogens is 248 g/mol. The third-order valence-corrected chi connectivity index (χ3v) is 2.99. The standard InChI is InChI=1S/C10H18O8/c11-1-6-7(12)8(13)9(14)10(18-6)16-3-5-2-15-4-17-5/h5-14H,1-4H2/t5?,6-,7-,8+,9-,10+/m1/s1. The highest BCUT2D eigenvalue weighted by Crippen LogP contribution is 2.22. The van der Waals surface area contributed by atoms with E-state index in [1.807, 2.05) is 0 Å². The molecule has 2 aliphatic rings. The Hall–Kier alpha value is -0.320. The molecule has 1 unspecified atom stereocenters. The molecule has 2 rings (SSSR count). The van der Waals surface area contributed by atoms with E-state index < -0.39 is 37.3 Å². The molecule has 0 aromatic heterocycles. The molecule has 4 N–H and O–H groups in total. The van der Waals surface area contributed by atoms with Gasteiger partial charge in [-0.15, -0.1) is 0 Å². The highest BCUT2D eigenvalue weighted by Gasteiger charge is 2.44. The molecule has 0 bridgehead atoms. The van der Waals surface area contributed by atoms with Crippen LogP contribution in [0.25, 0.3) is 0 Å². The van der Waals surface area contributed by atoms with Crippen molar-refractivity contribution in [3.05, 3.63) is 0 Å². The number of rotatable bonds is 4. The SMILES string of the molecule is OC[C@H]1O[C@H](OCC2COCO2)[C@H](O)[C@@H](O)[C@@H]1O. The molecule has 0 aliphatic carbocycles. The Morgan fingerprint density at radius 1 is 1.11 bits per heavy atom. The van der Waals surface area contributed by atoms with E-state index in [-0.39, 0.29) is 19.5 Å². The topological polar surface area (TPSA) is 118 Å². The lowest BCUT2D eigenvalue weighted by Crippen LogP contribution is -2.59. The first-order valence-corrected chi connectivity index (χ1v) is 5.75. The number of ether oxygens (including phenoxy) is 4. The van der Waals surface area contributed by atoms with Crippen LogP contribution in [0.3, 0.4) is 0 Å². The van der Waals surface area contributed by atoms with Crippen molar-refractivity contribution < 1.29 is 39.4 Å². The summed E-state index contributed by atoms with van der Waals surface area (Å²) in [5.74, 6) is 0. The van der Waals surface area contributed by atoms with Crippen molar-refractivity contribution in [1.82, 2.24) is 0 Å². The van der Waals surface area contributed by atoms with Crippen LogP contribution < -0.4 is 0 Å². The van der Waals surface area contributed by atoms with Crippen LogP contribution in [0.4, 0.5) is 0 Å². The van der Waals surface area contributed by atoms with E-state index in [9.17, 15) is 15.3 Å². The summed E-state index contributed by atoms with van der Waals surface area (Å²) in [6, 6.07) is 0. The maximum absolute atomic E-state index is 9.68. The fraction of sp³-hybridized carbons (Fsp3) is 1.00. The number of aliphatic hydroxyl groups is 4. The highest BCUT2D eigenvalue weighted by atomic mass is 16.7. The van der Waals surface area contributed by atoms with E-state index >= 15 is 0 Å². The number of hydrogen-bond acceptors (Lipinski definition) is 8. The Morgan fingerprint density at radius 2 is 1.89 bits per heavy atom.